The van der Waals surface area contributed by atoms with Crippen LogP contribution < -0.4 is 0 Å². The number of fused-ring (bicyclic) bond motifs is 3. The Morgan fingerprint density at radius 2 is 1.74 bits per heavy atom. The molecule has 4 rings (SSSR count). The first-order valence-electron chi connectivity index (χ1n) is 7.91. The number of rotatable bonds is 2. The average molecular weight is 299 g/mol. The minimum absolute atomic E-state index is 0.0967. The fourth-order valence-electron chi connectivity index (χ4n) is 2.99. The molecule has 0 aliphatic rings. The fraction of sp³-hybridized carbons (Fsp3) is 0.150. The molecule has 0 saturated carbocycles. The van der Waals surface area contributed by atoms with Crippen molar-refractivity contribution in [3.63, 3.8) is 0 Å². The summed E-state index contributed by atoms with van der Waals surface area (Å²) in [4.78, 5) is 4.58. The Morgan fingerprint density at radius 1 is 0.957 bits per heavy atom. The van der Waals surface area contributed by atoms with Crippen molar-refractivity contribution in [3.8, 4) is 11.3 Å². The van der Waals surface area contributed by atoms with Gasteiger partial charge in [-0.25, -0.2) is 0 Å². The van der Waals surface area contributed by atoms with Crippen LogP contribution in [0.5, 0.6) is 0 Å². The van der Waals surface area contributed by atoms with E-state index in [1.807, 2.05) is 24.4 Å². The predicted octanol–water partition coefficient (Wildman–Crippen LogP) is 4.52. The molecule has 0 fully saturated rings. The second-order valence-corrected chi connectivity index (χ2v) is 6.96. The molecule has 2 aromatic carbocycles. The van der Waals surface area contributed by atoms with Crippen LogP contribution in [0, 0.1) is 0 Å². The lowest BCUT2D eigenvalue weighted by Gasteiger charge is -2.19. The molecular formula is C20H18BNO. The SMILES string of the molecule is BC(C)(C)c1ccnc(-c2cccc3c2oc2ccccc23)c1. The first kappa shape index (κ1) is 14.1. The lowest BCUT2D eigenvalue weighted by molar-refractivity contribution is 0.669. The zero-order valence-corrected chi connectivity index (χ0v) is 13.6. The lowest BCUT2D eigenvalue weighted by Crippen LogP contribution is -2.16. The van der Waals surface area contributed by atoms with E-state index in [1.165, 1.54) is 5.56 Å². The average Bonchev–Trinajstić information content (AvgIpc) is 2.93. The molecule has 2 nitrogen and oxygen atoms in total. The van der Waals surface area contributed by atoms with E-state index in [-0.39, 0.29) is 5.31 Å². The van der Waals surface area contributed by atoms with E-state index >= 15 is 0 Å². The smallest absolute Gasteiger partial charge is 0.144 e. The van der Waals surface area contributed by atoms with Gasteiger partial charge in [0.1, 0.15) is 19.0 Å². The third kappa shape index (κ3) is 2.33. The van der Waals surface area contributed by atoms with E-state index < -0.39 is 0 Å². The molecule has 0 radical (unpaired) electrons. The monoisotopic (exact) mass is 299 g/mol. The summed E-state index contributed by atoms with van der Waals surface area (Å²) in [6.07, 6.45) is 1.89. The number of hydrogen-bond acceptors (Lipinski definition) is 2. The minimum Gasteiger partial charge on any atom is -0.455 e. The van der Waals surface area contributed by atoms with Crippen molar-refractivity contribution in [1.82, 2.24) is 4.98 Å². The number of furan rings is 1. The molecule has 0 aliphatic heterocycles. The molecule has 0 spiro atoms. The van der Waals surface area contributed by atoms with Crippen LogP contribution in [0.2, 0.25) is 0 Å². The first-order chi connectivity index (χ1) is 11.0. The van der Waals surface area contributed by atoms with Crippen molar-refractivity contribution in [2.24, 2.45) is 0 Å². The molecule has 3 heteroatoms. The molecule has 112 valence electrons. The van der Waals surface area contributed by atoms with Crippen molar-refractivity contribution >= 4 is 29.8 Å². The summed E-state index contributed by atoms with van der Waals surface area (Å²) in [7, 11) is 2.22. The van der Waals surface area contributed by atoms with Crippen molar-refractivity contribution in [2.45, 2.75) is 19.2 Å². The van der Waals surface area contributed by atoms with Crippen LogP contribution in [0.1, 0.15) is 19.4 Å². The van der Waals surface area contributed by atoms with Crippen LogP contribution in [0.25, 0.3) is 33.2 Å². The van der Waals surface area contributed by atoms with Crippen molar-refractivity contribution < 1.29 is 4.42 Å². The minimum atomic E-state index is 0.0967. The normalized spacial score (nSPS) is 12.1. The Morgan fingerprint density at radius 3 is 2.57 bits per heavy atom. The summed E-state index contributed by atoms with van der Waals surface area (Å²) in [5, 5.41) is 2.39. The molecule has 0 N–H and O–H groups in total. The lowest BCUT2D eigenvalue weighted by atomic mass is 9.67. The molecular weight excluding hydrogens is 281 g/mol. The predicted molar refractivity (Wildman–Crippen MR) is 98.5 cm³/mol. The number of benzene rings is 2. The van der Waals surface area contributed by atoms with Crippen LogP contribution in [0.4, 0.5) is 0 Å². The van der Waals surface area contributed by atoms with E-state index in [9.17, 15) is 0 Å². The van der Waals surface area contributed by atoms with Gasteiger partial charge in [-0.2, -0.15) is 0 Å². The van der Waals surface area contributed by atoms with Gasteiger partial charge in [-0.1, -0.05) is 44.2 Å². The van der Waals surface area contributed by atoms with Gasteiger partial charge in [0.05, 0.1) is 5.69 Å². The van der Waals surface area contributed by atoms with E-state index in [2.05, 4.69) is 63.1 Å². The van der Waals surface area contributed by atoms with Gasteiger partial charge in [0.25, 0.3) is 0 Å². The van der Waals surface area contributed by atoms with Crippen LogP contribution in [0.15, 0.2) is 65.2 Å². The maximum Gasteiger partial charge on any atom is 0.144 e. The molecule has 0 aliphatic carbocycles. The summed E-state index contributed by atoms with van der Waals surface area (Å²) < 4.78 is 6.12. The summed E-state index contributed by atoms with van der Waals surface area (Å²) in [5.74, 6) is 0. The number of pyridine rings is 1. The van der Waals surface area contributed by atoms with Crippen molar-refractivity contribution in [2.75, 3.05) is 0 Å². The van der Waals surface area contributed by atoms with Gasteiger partial charge in [-0.3, -0.25) is 4.98 Å². The highest BCUT2D eigenvalue weighted by Crippen LogP contribution is 2.35. The van der Waals surface area contributed by atoms with E-state index in [0.717, 1.165) is 33.2 Å². The summed E-state index contributed by atoms with van der Waals surface area (Å²) in [6.45, 7) is 4.43. The van der Waals surface area contributed by atoms with Gasteiger partial charge in [0.2, 0.25) is 0 Å². The Kier molecular flexibility index (Phi) is 3.05. The molecule has 0 unspecified atom stereocenters. The number of nitrogens with zero attached hydrogens (tertiary/aromatic N) is 1. The second-order valence-electron chi connectivity index (χ2n) is 6.96. The molecule has 0 atom stereocenters. The van der Waals surface area contributed by atoms with E-state index in [0.29, 0.717) is 0 Å². The molecule has 2 aromatic heterocycles. The van der Waals surface area contributed by atoms with Crippen molar-refractivity contribution in [1.29, 1.82) is 0 Å². The van der Waals surface area contributed by atoms with Crippen molar-refractivity contribution in [3.05, 3.63) is 66.4 Å². The molecule has 4 aromatic rings. The third-order valence-corrected chi connectivity index (χ3v) is 4.31. The number of hydrogen-bond donors (Lipinski definition) is 0. The summed E-state index contributed by atoms with van der Waals surface area (Å²) in [5.41, 5.74) is 5.11. The van der Waals surface area contributed by atoms with E-state index in [4.69, 9.17) is 4.42 Å². The van der Waals surface area contributed by atoms with Crippen LogP contribution in [-0.4, -0.2) is 12.8 Å². The van der Waals surface area contributed by atoms with Crippen LogP contribution in [-0.2, 0) is 5.31 Å². The third-order valence-electron chi connectivity index (χ3n) is 4.31. The van der Waals surface area contributed by atoms with Gasteiger partial charge in [-0.05, 0) is 35.1 Å². The molecule has 0 saturated heterocycles. The zero-order valence-electron chi connectivity index (χ0n) is 13.6. The second kappa shape index (κ2) is 4.99. The van der Waals surface area contributed by atoms with E-state index in [1.54, 1.807) is 0 Å². The first-order valence-corrected chi connectivity index (χ1v) is 7.91. The zero-order chi connectivity index (χ0) is 16.0. The molecule has 0 bridgehead atoms. The molecule has 2 heterocycles. The Bertz CT molecular complexity index is 1010. The topological polar surface area (TPSA) is 26.0 Å². The van der Waals surface area contributed by atoms with Gasteiger partial charge >= 0.3 is 0 Å². The highest BCUT2D eigenvalue weighted by Gasteiger charge is 2.17. The maximum atomic E-state index is 6.12. The van der Waals surface area contributed by atoms with Gasteiger partial charge < -0.3 is 4.42 Å². The quantitative estimate of drug-likeness (QED) is 0.509. The van der Waals surface area contributed by atoms with Gasteiger partial charge in [0.15, 0.2) is 0 Å². The largest absolute Gasteiger partial charge is 0.455 e. The Hall–Kier alpha value is -2.55. The number of para-hydroxylation sites is 2. The van der Waals surface area contributed by atoms with Gasteiger partial charge in [0, 0.05) is 22.5 Å². The standard InChI is InChI=1S/C20H18BNO/c1-20(2,21)13-10-11-22-17(12-13)16-8-5-7-15-14-6-3-4-9-18(14)23-19(15)16/h3-12H,21H2,1-2H3. The molecule has 0 amide bonds. The highest BCUT2D eigenvalue weighted by atomic mass is 16.3. The van der Waals surface area contributed by atoms with Crippen LogP contribution in [0.3, 0.4) is 0 Å². The highest BCUT2D eigenvalue weighted by molar-refractivity contribution is 6.15. The fourth-order valence-corrected chi connectivity index (χ4v) is 2.99. The Balaban J connectivity index is 1.99. The molecule has 23 heavy (non-hydrogen) atoms. The number of aromatic nitrogens is 1. The Labute approximate surface area is 136 Å². The maximum absolute atomic E-state index is 6.12. The summed E-state index contributed by atoms with van der Waals surface area (Å²) >= 11 is 0. The van der Waals surface area contributed by atoms with Gasteiger partial charge in [-0.15, -0.1) is 0 Å². The summed E-state index contributed by atoms with van der Waals surface area (Å²) in [6, 6.07) is 18.7. The van der Waals surface area contributed by atoms with Crippen LogP contribution >= 0.6 is 0 Å².